The third kappa shape index (κ3) is 5.04. The van der Waals surface area contributed by atoms with E-state index in [2.05, 4.69) is 15.6 Å². The Kier molecular flexibility index (Phi) is 6.21. The average Bonchev–Trinajstić information content (AvgIpc) is 3.02. The van der Waals surface area contributed by atoms with Crippen LogP contribution in [0.4, 0.5) is 5.69 Å². The van der Waals surface area contributed by atoms with Crippen LogP contribution in [0.2, 0.25) is 0 Å². The highest BCUT2D eigenvalue weighted by Gasteiger charge is 2.15. The van der Waals surface area contributed by atoms with E-state index in [4.69, 9.17) is 0 Å². The quantitative estimate of drug-likeness (QED) is 0.643. The molecule has 28 heavy (non-hydrogen) atoms. The van der Waals surface area contributed by atoms with Gasteiger partial charge in [0.1, 0.15) is 5.01 Å². The largest absolute Gasteiger partial charge is 0.347 e. The number of benzene rings is 2. The van der Waals surface area contributed by atoms with Crippen molar-refractivity contribution in [1.29, 1.82) is 0 Å². The number of aryl methyl sites for hydroxylation is 3. The van der Waals surface area contributed by atoms with Crippen LogP contribution in [0.25, 0.3) is 10.6 Å². The fraction of sp³-hybridized carbons (Fsp3) is 0.227. The van der Waals surface area contributed by atoms with Crippen molar-refractivity contribution in [2.75, 3.05) is 11.9 Å². The molecular weight excluding hydrogens is 370 g/mol. The number of hydrogen-bond donors (Lipinski definition) is 2. The summed E-state index contributed by atoms with van der Waals surface area (Å²) in [6.07, 6.45) is 0.638. The number of amides is 2. The summed E-state index contributed by atoms with van der Waals surface area (Å²) in [5, 5.41) is 6.30. The second-order valence-corrected chi connectivity index (χ2v) is 7.81. The van der Waals surface area contributed by atoms with E-state index in [0.717, 1.165) is 32.3 Å². The Morgan fingerprint density at radius 2 is 1.64 bits per heavy atom. The maximum Gasteiger partial charge on any atom is 0.313 e. The van der Waals surface area contributed by atoms with Gasteiger partial charge in [0.15, 0.2) is 0 Å². The number of aromatic nitrogens is 1. The molecule has 0 aliphatic carbocycles. The maximum atomic E-state index is 12.1. The molecule has 3 rings (SSSR count). The first-order chi connectivity index (χ1) is 13.4. The second-order valence-electron chi connectivity index (χ2n) is 6.73. The van der Waals surface area contributed by atoms with Crippen LogP contribution in [0, 0.1) is 20.8 Å². The van der Waals surface area contributed by atoms with Gasteiger partial charge in [-0.25, -0.2) is 4.98 Å². The van der Waals surface area contributed by atoms with Gasteiger partial charge in [0.05, 0.1) is 5.69 Å². The summed E-state index contributed by atoms with van der Waals surface area (Å²) in [6.45, 7) is 6.25. The maximum absolute atomic E-state index is 12.1. The van der Waals surface area contributed by atoms with Gasteiger partial charge in [-0.2, -0.15) is 0 Å². The molecule has 2 aromatic carbocycles. The van der Waals surface area contributed by atoms with E-state index in [-0.39, 0.29) is 0 Å². The van der Waals surface area contributed by atoms with Gasteiger partial charge in [-0.15, -0.1) is 11.3 Å². The number of carbonyl (C=O) groups is 2. The predicted molar refractivity (Wildman–Crippen MR) is 114 cm³/mol. The molecule has 0 fully saturated rings. The predicted octanol–water partition coefficient (Wildman–Crippen LogP) is 4.03. The molecule has 144 valence electrons. The van der Waals surface area contributed by atoms with Crippen LogP contribution in [0.5, 0.6) is 0 Å². The van der Waals surface area contributed by atoms with Gasteiger partial charge >= 0.3 is 11.8 Å². The molecule has 3 aromatic rings. The zero-order valence-corrected chi connectivity index (χ0v) is 17.0. The third-order valence-electron chi connectivity index (χ3n) is 4.24. The van der Waals surface area contributed by atoms with Crippen LogP contribution in [-0.4, -0.2) is 23.3 Å². The Bertz CT molecular complexity index is 976. The number of hydrogen-bond acceptors (Lipinski definition) is 4. The Hall–Kier alpha value is -2.99. The summed E-state index contributed by atoms with van der Waals surface area (Å²) in [5.74, 6) is -1.29. The Morgan fingerprint density at radius 3 is 2.32 bits per heavy atom. The van der Waals surface area contributed by atoms with E-state index in [1.54, 1.807) is 11.3 Å². The molecule has 0 unspecified atom stereocenters. The van der Waals surface area contributed by atoms with Crippen molar-refractivity contribution >= 4 is 28.8 Å². The SMILES string of the molecule is Cc1cc(C)cc(NC(=O)C(=O)NCCc2sc(-c3ccccc3)nc2C)c1. The van der Waals surface area contributed by atoms with Crippen LogP contribution in [0.15, 0.2) is 48.5 Å². The van der Waals surface area contributed by atoms with Crippen molar-refractivity contribution in [3.63, 3.8) is 0 Å². The number of nitrogens with one attached hydrogen (secondary N) is 2. The fourth-order valence-electron chi connectivity index (χ4n) is 2.97. The van der Waals surface area contributed by atoms with Crippen molar-refractivity contribution in [1.82, 2.24) is 10.3 Å². The zero-order chi connectivity index (χ0) is 20.1. The van der Waals surface area contributed by atoms with Crippen LogP contribution in [0.1, 0.15) is 21.7 Å². The van der Waals surface area contributed by atoms with Gasteiger partial charge in [-0.3, -0.25) is 9.59 Å². The summed E-state index contributed by atoms with van der Waals surface area (Å²) >= 11 is 1.62. The van der Waals surface area contributed by atoms with Crippen molar-refractivity contribution in [3.8, 4) is 10.6 Å². The summed E-state index contributed by atoms with van der Waals surface area (Å²) < 4.78 is 0. The number of thiazole rings is 1. The van der Waals surface area contributed by atoms with Crippen LogP contribution >= 0.6 is 11.3 Å². The van der Waals surface area contributed by atoms with Crippen LogP contribution in [-0.2, 0) is 16.0 Å². The van der Waals surface area contributed by atoms with Gasteiger partial charge < -0.3 is 10.6 Å². The minimum atomic E-state index is -0.656. The summed E-state index contributed by atoms with van der Waals surface area (Å²) in [5.41, 5.74) is 4.73. The number of nitrogens with zero attached hydrogens (tertiary/aromatic N) is 1. The van der Waals surface area contributed by atoms with E-state index in [9.17, 15) is 9.59 Å². The first-order valence-corrected chi connectivity index (χ1v) is 9.93. The molecule has 0 radical (unpaired) electrons. The summed E-state index contributed by atoms with van der Waals surface area (Å²) in [6, 6.07) is 15.7. The molecule has 6 heteroatoms. The van der Waals surface area contributed by atoms with E-state index in [1.807, 2.05) is 69.3 Å². The molecule has 0 saturated carbocycles. The highest BCUT2D eigenvalue weighted by atomic mass is 32.1. The third-order valence-corrected chi connectivity index (χ3v) is 5.50. The molecule has 0 spiro atoms. The minimum absolute atomic E-state index is 0.385. The smallest absolute Gasteiger partial charge is 0.313 e. The molecule has 0 saturated heterocycles. The standard InChI is InChI=1S/C22H23N3O2S/c1-14-11-15(2)13-18(12-14)25-21(27)20(26)23-10-9-19-16(3)24-22(28-19)17-7-5-4-6-8-17/h4-8,11-13H,9-10H2,1-3H3,(H,23,26)(H,25,27). The topological polar surface area (TPSA) is 71.1 Å². The minimum Gasteiger partial charge on any atom is -0.347 e. The molecule has 5 nitrogen and oxygen atoms in total. The van der Waals surface area contributed by atoms with Gasteiger partial charge in [0.25, 0.3) is 0 Å². The average molecular weight is 394 g/mol. The lowest BCUT2D eigenvalue weighted by atomic mass is 10.1. The Labute approximate surface area is 168 Å². The van der Waals surface area contributed by atoms with Gasteiger partial charge in [0, 0.05) is 29.1 Å². The van der Waals surface area contributed by atoms with Crippen molar-refractivity contribution in [2.24, 2.45) is 0 Å². The highest BCUT2D eigenvalue weighted by molar-refractivity contribution is 7.15. The first kappa shape index (κ1) is 19.8. The number of rotatable bonds is 5. The normalized spacial score (nSPS) is 10.5. The Balaban J connectivity index is 1.54. The summed E-state index contributed by atoms with van der Waals surface area (Å²) in [4.78, 5) is 29.9. The lowest BCUT2D eigenvalue weighted by molar-refractivity contribution is -0.136. The van der Waals surface area contributed by atoms with E-state index < -0.39 is 11.8 Å². The highest BCUT2D eigenvalue weighted by Crippen LogP contribution is 2.27. The summed E-state index contributed by atoms with van der Waals surface area (Å²) in [7, 11) is 0. The molecular formula is C22H23N3O2S. The number of carbonyl (C=O) groups excluding carboxylic acids is 2. The van der Waals surface area contributed by atoms with Gasteiger partial charge in [-0.1, -0.05) is 36.4 Å². The van der Waals surface area contributed by atoms with E-state index in [0.29, 0.717) is 18.7 Å². The Morgan fingerprint density at radius 1 is 0.964 bits per heavy atom. The van der Waals surface area contributed by atoms with Crippen LogP contribution in [0.3, 0.4) is 0 Å². The van der Waals surface area contributed by atoms with E-state index >= 15 is 0 Å². The van der Waals surface area contributed by atoms with Gasteiger partial charge in [0.2, 0.25) is 0 Å². The lowest BCUT2D eigenvalue weighted by Crippen LogP contribution is -2.36. The van der Waals surface area contributed by atoms with Crippen molar-refractivity contribution in [3.05, 3.63) is 70.2 Å². The molecule has 0 atom stereocenters. The van der Waals surface area contributed by atoms with Gasteiger partial charge in [-0.05, 0) is 44.0 Å². The molecule has 2 N–H and O–H groups in total. The molecule has 2 amide bonds. The lowest BCUT2D eigenvalue weighted by Gasteiger charge is -2.08. The van der Waals surface area contributed by atoms with Crippen LogP contribution < -0.4 is 10.6 Å². The second kappa shape index (κ2) is 8.80. The molecule has 0 bridgehead atoms. The molecule has 1 aromatic heterocycles. The zero-order valence-electron chi connectivity index (χ0n) is 16.2. The fourth-order valence-corrected chi connectivity index (χ4v) is 4.04. The number of anilines is 1. The molecule has 0 aliphatic heterocycles. The molecule has 1 heterocycles. The van der Waals surface area contributed by atoms with Crippen molar-refractivity contribution in [2.45, 2.75) is 27.2 Å². The monoisotopic (exact) mass is 393 g/mol. The van der Waals surface area contributed by atoms with E-state index in [1.165, 1.54) is 0 Å². The van der Waals surface area contributed by atoms with Crippen molar-refractivity contribution < 1.29 is 9.59 Å². The first-order valence-electron chi connectivity index (χ1n) is 9.11. The molecule has 0 aliphatic rings.